The van der Waals surface area contributed by atoms with E-state index >= 15 is 0 Å². The predicted octanol–water partition coefficient (Wildman–Crippen LogP) is 6.94. The number of hydrogen-bond acceptors (Lipinski definition) is 23. The fourth-order valence-corrected chi connectivity index (χ4v) is 11.0. The molecule has 24 nitrogen and oxygen atoms in total. The first-order valence-electron chi connectivity index (χ1n) is 34.7. The molecule has 2 saturated heterocycles. The van der Waals surface area contributed by atoms with Crippen LogP contribution in [0.2, 0.25) is 0 Å². The van der Waals surface area contributed by atoms with Crippen LogP contribution >= 0.6 is 0 Å². The topological polar surface area (TPSA) is 247 Å². The van der Waals surface area contributed by atoms with Crippen LogP contribution in [0.3, 0.4) is 0 Å². The molecule has 0 atom stereocenters. The van der Waals surface area contributed by atoms with Gasteiger partial charge in [-0.05, 0) is 54.2 Å². The summed E-state index contributed by atoms with van der Waals surface area (Å²) < 4.78 is 39.1. The molecular formula is C79H104N8O16. The van der Waals surface area contributed by atoms with E-state index in [2.05, 4.69) is 0 Å². The fraction of sp³-hybridized carbons (Fsp3) is 0.443. The highest BCUT2D eigenvalue weighted by Crippen LogP contribution is 2.13. The minimum atomic E-state index is -0.963. The molecule has 0 aliphatic carbocycles. The van der Waals surface area contributed by atoms with Crippen LogP contribution in [-0.2, 0) is 111 Å². The summed E-state index contributed by atoms with van der Waals surface area (Å²) in [6, 6.07) is 56.8. The van der Waals surface area contributed by atoms with Gasteiger partial charge >= 0.3 is 47.8 Å². The molecular weight excluding hydrogens is 1320 g/mol. The number of aliphatic carboxylic acids is 1. The first kappa shape index (κ1) is 82.7. The van der Waals surface area contributed by atoms with Crippen molar-refractivity contribution in [3.05, 3.63) is 215 Å². The van der Waals surface area contributed by atoms with Gasteiger partial charge in [0.05, 0.1) is 52.4 Å². The molecule has 6 aromatic carbocycles. The molecule has 0 aromatic heterocycles. The summed E-state index contributed by atoms with van der Waals surface area (Å²) in [5.74, 6) is -3.59. The molecule has 0 unspecified atom stereocenters. The maximum absolute atomic E-state index is 13.1. The van der Waals surface area contributed by atoms with Crippen molar-refractivity contribution in [3.63, 3.8) is 0 Å². The number of esters is 7. The highest BCUT2D eigenvalue weighted by molar-refractivity contribution is 5.74. The van der Waals surface area contributed by atoms with Crippen LogP contribution in [0.15, 0.2) is 182 Å². The highest BCUT2D eigenvalue weighted by atomic mass is 16.6. The molecule has 0 radical (unpaired) electrons. The van der Waals surface area contributed by atoms with Crippen LogP contribution in [0.5, 0.6) is 0 Å². The summed E-state index contributed by atoms with van der Waals surface area (Å²) in [7, 11) is 0. The van der Waals surface area contributed by atoms with Gasteiger partial charge in [0.2, 0.25) is 0 Å². The summed E-state index contributed by atoms with van der Waals surface area (Å²) in [6.45, 7) is 13.4. The van der Waals surface area contributed by atoms with Crippen LogP contribution < -0.4 is 0 Å². The van der Waals surface area contributed by atoms with E-state index in [9.17, 15) is 43.5 Å². The Morgan fingerprint density at radius 1 is 0.262 bits per heavy atom. The van der Waals surface area contributed by atoms with Crippen molar-refractivity contribution >= 4 is 47.8 Å². The molecule has 2 fully saturated rings. The maximum atomic E-state index is 13.1. The van der Waals surface area contributed by atoms with Crippen LogP contribution in [-0.4, -0.2) is 255 Å². The third-order valence-electron chi connectivity index (χ3n) is 16.6. The van der Waals surface area contributed by atoms with Gasteiger partial charge in [0.1, 0.15) is 45.2 Å². The Labute approximate surface area is 606 Å². The Bertz CT molecular complexity index is 3310. The van der Waals surface area contributed by atoms with Gasteiger partial charge < -0.3 is 38.3 Å². The van der Waals surface area contributed by atoms with Gasteiger partial charge in [-0.25, -0.2) is 0 Å². The summed E-state index contributed by atoms with van der Waals surface area (Å²) in [4.78, 5) is 118. The first-order chi connectivity index (χ1) is 49.3. The van der Waals surface area contributed by atoms with E-state index in [0.717, 1.165) is 33.4 Å². The second-order valence-electron chi connectivity index (χ2n) is 26.1. The average molecular weight is 1420 g/mol. The molecule has 1 N–H and O–H groups in total. The molecule has 103 heavy (non-hydrogen) atoms. The Morgan fingerprint density at radius 3 is 0.553 bits per heavy atom. The third-order valence-corrected chi connectivity index (χ3v) is 16.6. The molecule has 2 heterocycles. The molecule has 8 rings (SSSR count). The normalized spacial score (nSPS) is 15.6. The number of ether oxygens (including phenoxy) is 7. The zero-order valence-electron chi connectivity index (χ0n) is 59.2. The lowest BCUT2D eigenvalue weighted by molar-refractivity contribution is -0.157. The third kappa shape index (κ3) is 36.0. The summed E-state index contributed by atoms with van der Waals surface area (Å²) in [5.41, 5.74) is 4.69. The van der Waals surface area contributed by atoms with Crippen molar-refractivity contribution in [2.45, 2.75) is 73.4 Å². The second-order valence-corrected chi connectivity index (χ2v) is 26.1. The van der Waals surface area contributed by atoms with Crippen molar-refractivity contribution < 1.29 is 76.6 Å². The van der Waals surface area contributed by atoms with Gasteiger partial charge in [0.25, 0.3) is 0 Å². The molecule has 0 saturated carbocycles. The van der Waals surface area contributed by atoms with E-state index < -0.39 is 23.5 Å². The number of hydrogen-bond donors (Lipinski definition) is 1. The number of nitrogens with zero attached hydrogens (tertiary/aromatic N) is 8. The zero-order chi connectivity index (χ0) is 72.6. The molecule has 24 heteroatoms. The Balaban J connectivity index is 0.000000321. The number of carbonyl (C=O) groups is 8. The molecule has 2 aliphatic heterocycles. The van der Waals surface area contributed by atoms with Gasteiger partial charge in [-0.15, -0.1) is 0 Å². The second kappa shape index (κ2) is 46.4. The Kier molecular flexibility index (Phi) is 37.2. The van der Waals surface area contributed by atoms with Crippen LogP contribution in [0, 0.1) is 0 Å². The molecule has 0 amide bonds. The zero-order valence-corrected chi connectivity index (χ0v) is 59.2. The minimum absolute atomic E-state index is 0. The van der Waals surface area contributed by atoms with Gasteiger partial charge in [-0.2, -0.15) is 0 Å². The molecule has 6 aromatic rings. The summed E-state index contributed by atoms with van der Waals surface area (Å²) in [6.07, 6.45) is 0. The van der Waals surface area contributed by atoms with E-state index in [0.29, 0.717) is 105 Å². The summed E-state index contributed by atoms with van der Waals surface area (Å²) in [5, 5.41) is 9.60. The van der Waals surface area contributed by atoms with Gasteiger partial charge in [0, 0.05) is 105 Å². The number of benzene rings is 6. The summed E-state index contributed by atoms with van der Waals surface area (Å²) >= 11 is 0. The Morgan fingerprint density at radius 2 is 0.408 bits per heavy atom. The van der Waals surface area contributed by atoms with E-state index in [1.165, 1.54) is 0 Å². The largest absolute Gasteiger partial charge is 0.480 e. The van der Waals surface area contributed by atoms with Crippen LogP contribution in [0.25, 0.3) is 0 Å². The lowest BCUT2D eigenvalue weighted by Gasteiger charge is -2.33. The van der Waals surface area contributed by atoms with Crippen LogP contribution in [0.4, 0.5) is 0 Å². The predicted molar refractivity (Wildman–Crippen MR) is 389 cm³/mol. The lowest BCUT2D eigenvalue weighted by atomic mass is 10.2. The van der Waals surface area contributed by atoms with Crippen molar-refractivity contribution in [1.82, 2.24) is 39.2 Å². The maximum Gasteiger partial charge on any atom is 0.320 e. The standard InChI is InChI=1S/C41H54N4O8.C37H46N4O8.CH4/c1-41(2,3)53-40(49)30-45-25-23-43(28-38(47)51-32-35-15-9-5-10-16-35)21-19-42(27-37(46)50-31-34-13-7-4-8-14-34)20-22-44(24-26-45)29-39(48)52-33-36-17-11-6-12-18-36;42-34(43)24-38-16-18-39(25-35(44)47-28-31-10-4-1-5-11-31)20-22-41(27-37(46)49-30-33-14-8-3-9-15-33)23-21-40(19-17-38)26-36(45)48-29-32-12-6-2-7-13-32;/h4-18H,19-33H2,1-3H3;1-15H,16-30H2,(H,42,43);1H4. The minimum Gasteiger partial charge on any atom is -0.480 e. The van der Waals surface area contributed by atoms with Gasteiger partial charge in [0.15, 0.2) is 0 Å². The SMILES string of the molecule is C.CC(C)(C)OC(=O)CN1CCN(CC(=O)OCc2ccccc2)CCN(CC(=O)OCc2ccccc2)CCN(CC(=O)OCc2ccccc2)CC1.O=C(O)CN1CCN(CC(=O)OCc2ccccc2)CCN(CC(=O)OCc2ccccc2)CCN(CC(=O)OCc2ccccc2)CC1. The van der Waals surface area contributed by atoms with Crippen molar-refractivity contribution in [3.8, 4) is 0 Å². The number of rotatable bonds is 28. The molecule has 556 valence electrons. The fourth-order valence-electron chi connectivity index (χ4n) is 11.0. The monoisotopic (exact) mass is 1420 g/mol. The quantitative estimate of drug-likeness (QED) is 0.0386. The molecule has 0 bridgehead atoms. The van der Waals surface area contributed by atoms with Gasteiger partial charge in [-0.1, -0.05) is 189 Å². The van der Waals surface area contributed by atoms with Crippen LogP contribution in [0.1, 0.15) is 61.6 Å². The van der Waals surface area contributed by atoms with E-state index in [1.807, 2.05) is 237 Å². The van der Waals surface area contributed by atoms with Gasteiger partial charge in [-0.3, -0.25) is 77.6 Å². The van der Waals surface area contributed by atoms with E-state index in [-0.39, 0.29) is 129 Å². The average Bonchev–Trinajstić information content (AvgIpc) is 0.943. The number of carbonyl (C=O) groups excluding carboxylic acids is 7. The van der Waals surface area contributed by atoms with E-state index in [4.69, 9.17) is 33.2 Å². The smallest absolute Gasteiger partial charge is 0.320 e. The lowest BCUT2D eigenvalue weighted by Crippen LogP contribution is -2.49. The first-order valence-corrected chi connectivity index (χ1v) is 34.7. The Hall–Kier alpha value is -9.24. The van der Waals surface area contributed by atoms with E-state index in [1.54, 1.807) is 4.90 Å². The molecule has 0 spiro atoms. The number of carboxylic acids is 1. The number of carboxylic acid groups (broad SMARTS) is 1. The van der Waals surface area contributed by atoms with Crippen molar-refractivity contribution in [2.24, 2.45) is 0 Å². The van der Waals surface area contributed by atoms with Crippen molar-refractivity contribution in [2.75, 3.05) is 157 Å². The highest BCUT2D eigenvalue weighted by Gasteiger charge is 2.27. The van der Waals surface area contributed by atoms with Crippen molar-refractivity contribution in [1.29, 1.82) is 0 Å². The molecule has 2 aliphatic rings.